The third-order valence-corrected chi connectivity index (χ3v) is 5.22. The van der Waals surface area contributed by atoms with Crippen LogP contribution in [0.5, 0.6) is 5.75 Å². The van der Waals surface area contributed by atoms with Gasteiger partial charge in [0.25, 0.3) is 0 Å². The smallest absolute Gasteiger partial charge is 0.193 e. The number of anilines is 1. The van der Waals surface area contributed by atoms with Gasteiger partial charge in [0.2, 0.25) is 0 Å². The molecule has 0 saturated carbocycles. The van der Waals surface area contributed by atoms with Crippen molar-refractivity contribution in [2.75, 3.05) is 51.2 Å². The van der Waals surface area contributed by atoms with Crippen molar-refractivity contribution in [2.24, 2.45) is 4.99 Å². The third-order valence-electron chi connectivity index (χ3n) is 5.22. The molecular formula is C21H37N5O. The second-order valence-corrected chi connectivity index (χ2v) is 7.72. The van der Waals surface area contributed by atoms with Crippen LogP contribution in [0.25, 0.3) is 0 Å². The lowest BCUT2D eigenvalue weighted by Crippen LogP contribution is -2.52. The lowest BCUT2D eigenvalue weighted by molar-refractivity contribution is 0.173. The summed E-state index contributed by atoms with van der Waals surface area (Å²) >= 11 is 0. The molecule has 0 radical (unpaired) electrons. The number of rotatable bonds is 7. The highest BCUT2D eigenvalue weighted by atomic mass is 16.3. The molecule has 2 N–H and O–H groups in total. The second kappa shape index (κ2) is 10.4. The maximum atomic E-state index is 10.1. The normalized spacial score (nSPS) is 15.9. The first-order valence-electron chi connectivity index (χ1n) is 10.2. The second-order valence-electron chi connectivity index (χ2n) is 7.72. The number of aromatic hydroxyl groups is 1. The molecule has 1 saturated heterocycles. The quantitative estimate of drug-likeness (QED) is 0.436. The molecule has 6 heteroatoms. The number of nitrogens with one attached hydrogen (secondary N) is 1. The molecule has 1 aliphatic rings. The Hall–Kier alpha value is -1.95. The van der Waals surface area contributed by atoms with Crippen LogP contribution in [0.15, 0.2) is 29.3 Å². The number of hydrogen-bond acceptors (Lipinski definition) is 4. The van der Waals surface area contributed by atoms with Gasteiger partial charge in [0.15, 0.2) is 5.96 Å². The molecule has 6 nitrogen and oxygen atoms in total. The van der Waals surface area contributed by atoms with E-state index in [2.05, 4.69) is 52.7 Å². The maximum absolute atomic E-state index is 10.1. The van der Waals surface area contributed by atoms with Crippen molar-refractivity contribution in [2.45, 2.75) is 46.2 Å². The first-order chi connectivity index (χ1) is 12.9. The number of aliphatic imine (C=N–C) groups is 1. The summed E-state index contributed by atoms with van der Waals surface area (Å²) in [6.45, 7) is 14.6. The molecule has 0 atom stereocenters. The summed E-state index contributed by atoms with van der Waals surface area (Å²) in [5, 5.41) is 13.6. The molecule has 27 heavy (non-hydrogen) atoms. The average molecular weight is 376 g/mol. The molecular weight excluding hydrogens is 338 g/mol. The molecule has 0 aliphatic carbocycles. The number of benzene rings is 1. The van der Waals surface area contributed by atoms with Crippen LogP contribution in [-0.4, -0.2) is 79.3 Å². The van der Waals surface area contributed by atoms with E-state index in [0.717, 1.165) is 57.3 Å². The highest BCUT2D eigenvalue weighted by Crippen LogP contribution is 2.27. The van der Waals surface area contributed by atoms with Gasteiger partial charge in [0.1, 0.15) is 5.75 Å². The zero-order valence-corrected chi connectivity index (χ0v) is 17.6. The van der Waals surface area contributed by atoms with Crippen LogP contribution in [0.4, 0.5) is 5.69 Å². The lowest BCUT2D eigenvalue weighted by Gasteiger charge is -2.38. The molecule has 2 rings (SSSR count). The maximum Gasteiger partial charge on any atom is 0.193 e. The number of guanidine groups is 1. The summed E-state index contributed by atoms with van der Waals surface area (Å²) in [6, 6.07) is 8.71. The minimum Gasteiger partial charge on any atom is -0.506 e. The fourth-order valence-corrected chi connectivity index (χ4v) is 3.80. The Kier molecular flexibility index (Phi) is 8.23. The number of hydrogen-bond donors (Lipinski definition) is 2. The van der Waals surface area contributed by atoms with Crippen LogP contribution in [0.1, 0.15) is 34.1 Å². The van der Waals surface area contributed by atoms with Crippen molar-refractivity contribution in [1.29, 1.82) is 0 Å². The van der Waals surface area contributed by atoms with Gasteiger partial charge in [-0.3, -0.25) is 9.89 Å². The highest BCUT2D eigenvalue weighted by molar-refractivity contribution is 5.80. The molecule has 0 aromatic heterocycles. The predicted molar refractivity (Wildman–Crippen MR) is 115 cm³/mol. The highest BCUT2D eigenvalue weighted by Gasteiger charge is 2.21. The Balaban J connectivity index is 1.78. The van der Waals surface area contributed by atoms with E-state index in [9.17, 15) is 5.11 Å². The first kappa shape index (κ1) is 21.4. The Labute approximate surface area is 164 Å². The largest absolute Gasteiger partial charge is 0.506 e. The van der Waals surface area contributed by atoms with Crippen molar-refractivity contribution in [1.82, 2.24) is 15.1 Å². The van der Waals surface area contributed by atoms with Crippen LogP contribution >= 0.6 is 0 Å². The van der Waals surface area contributed by atoms with E-state index in [1.165, 1.54) is 0 Å². The van der Waals surface area contributed by atoms with Gasteiger partial charge in [0, 0.05) is 58.4 Å². The van der Waals surface area contributed by atoms with Crippen LogP contribution in [0, 0.1) is 0 Å². The summed E-state index contributed by atoms with van der Waals surface area (Å²) in [5.41, 5.74) is 0.919. The van der Waals surface area contributed by atoms with E-state index in [1.807, 2.05) is 25.2 Å². The van der Waals surface area contributed by atoms with Gasteiger partial charge in [-0.1, -0.05) is 12.1 Å². The third kappa shape index (κ3) is 6.03. The number of piperazine rings is 1. The SMILES string of the molecule is CN=C(NCCCN(C(C)C)C(C)C)N1CCN(c2ccccc2O)CC1. The molecule has 1 aromatic carbocycles. The summed E-state index contributed by atoms with van der Waals surface area (Å²) < 4.78 is 0. The number of para-hydroxylation sites is 2. The monoisotopic (exact) mass is 375 g/mol. The summed E-state index contributed by atoms with van der Waals surface area (Å²) in [7, 11) is 1.85. The molecule has 0 amide bonds. The van der Waals surface area contributed by atoms with Gasteiger partial charge in [0.05, 0.1) is 5.69 Å². The van der Waals surface area contributed by atoms with Crippen molar-refractivity contribution < 1.29 is 5.11 Å². The van der Waals surface area contributed by atoms with Crippen molar-refractivity contribution in [3.8, 4) is 5.75 Å². The molecule has 1 heterocycles. The summed E-state index contributed by atoms with van der Waals surface area (Å²) in [4.78, 5) is 11.5. The topological polar surface area (TPSA) is 54.3 Å². The molecule has 0 unspecified atom stereocenters. The van der Waals surface area contributed by atoms with Gasteiger partial charge in [-0.05, 0) is 46.2 Å². The van der Waals surface area contributed by atoms with E-state index in [4.69, 9.17) is 0 Å². The van der Waals surface area contributed by atoms with E-state index in [-0.39, 0.29) is 0 Å². The van der Waals surface area contributed by atoms with Gasteiger partial charge in [-0.25, -0.2) is 0 Å². The Morgan fingerprint density at radius 1 is 1.11 bits per heavy atom. The van der Waals surface area contributed by atoms with E-state index in [0.29, 0.717) is 17.8 Å². The van der Waals surface area contributed by atoms with Crippen molar-refractivity contribution in [3.05, 3.63) is 24.3 Å². The van der Waals surface area contributed by atoms with Crippen LogP contribution in [-0.2, 0) is 0 Å². The van der Waals surface area contributed by atoms with Crippen LogP contribution < -0.4 is 10.2 Å². The molecule has 1 fully saturated rings. The van der Waals surface area contributed by atoms with Gasteiger partial charge in [-0.15, -0.1) is 0 Å². The number of phenols is 1. The Bertz CT molecular complexity index is 586. The Morgan fingerprint density at radius 3 is 2.30 bits per heavy atom. The minimum atomic E-state index is 0.355. The molecule has 1 aromatic rings. The fourth-order valence-electron chi connectivity index (χ4n) is 3.80. The van der Waals surface area contributed by atoms with Crippen LogP contribution in [0.3, 0.4) is 0 Å². The van der Waals surface area contributed by atoms with E-state index < -0.39 is 0 Å². The fraction of sp³-hybridized carbons (Fsp3) is 0.667. The minimum absolute atomic E-state index is 0.355. The Morgan fingerprint density at radius 2 is 1.74 bits per heavy atom. The summed E-state index contributed by atoms with van der Waals surface area (Å²) in [5.74, 6) is 1.33. The van der Waals surface area contributed by atoms with Gasteiger partial charge >= 0.3 is 0 Å². The van der Waals surface area contributed by atoms with E-state index in [1.54, 1.807) is 6.07 Å². The lowest BCUT2D eigenvalue weighted by atomic mass is 10.2. The molecule has 1 aliphatic heterocycles. The van der Waals surface area contributed by atoms with Crippen molar-refractivity contribution in [3.63, 3.8) is 0 Å². The number of nitrogens with zero attached hydrogens (tertiary/aromatic N) is 4. The van der Waals surface area contributed by atoms with Crippen LogP contribution in [0.2, 0.25) is 0 Å². The molecule has 0 bridgehead atoms. The summed E-state index contributed by atoms with van der Waals surface area (Å²) in [6.07, 6.45) is 1.10. The van der Waals surface area contributed by atoms with Gasteiger partial charge < -0.3 is 20.2 Å². The van der Waals surface area contributed by atoms with Crippen molar-refractivity contribution >= 4 is 11.6 Å². The average Bonchev–Trinajstić information content (AvgIpc) is 2.65. The standard InChI is InChI=1S/C21H37N5O/c1-17(2)26(18(3)4)12-8-11-23-21(22-5)25-15-13-24(14-16-25)19-9-6-7-10-20(19)27/h6-7,9-10,17-18,27H,8,11-16H2,1-5H3,(H,22,23). The first-order valence-corrected chi connectivity index (χ1v) is 10.2. The zero-order valence-electron chi connectivity index (χ0n) is 17.6. The molecule has 152 valence electrons. The van der Waals surface area contributed by atoms with Gasteiger partial charge in [-0.2, -0.15) is 0 Å². The molecule has 0 spiro atoms. The number of phenolic OH excluding ortho intramolecular Hbond substituents is 1. The zero-order chi connectivity index (χ0) is 19.8. The van der Waals surface area contributed by atoms with E-state index >= 15 is 0 Å². The predicted octanol–water partition coefficient (Wildman–Crippen LogP) is 2.60.